The van der Waals surface area contributed by atoms with Gasteiger partial charge in [-0.25, -0.2) is 4.98 Å². The van der Waals surface area contributed by atoms with Crippen LogP contribution in [0.2, 0.25) is 0 Å². The van der Waals surface area contributed by atoms with Gasteiger partial charge in [0.15, 0.2) is 0 Å². The van der Waals surface area contributed by atoms with Crippen LogP contribution in [0.4, 0.5) is 5.69 Å². The summed E-state index contributed by atoms with van der Waals surface area (Å²) in [6.07, 6.45) is 3.39. The minimum atomic E-state index is -0.566. The van der Waals surface area contributed by atoms with Gasteiger partial charge in [0.2, 0.25) is 5.88 Å². The maximum Gasteiger partial charge on any atom is 0.238 e. The number of pyridine rings is 2. The van der Waals surface area contributed by atoms with E-state index in [4.69, 9.17) is 10.5 Å². The molecule has 0 aliphatic rings. The molecule has 0 fully saturated rings. The molecule has 0 aromatic carbocycles. The predicted molar refractivity (Wildman–Crippen MR) is 66.5 cm³/mol. The summed E-state index contributed by atoms with van der Waals surface area (Å²) in [6, 6.07) is 9.25. The molecule has 2 aromatic heterocycles. The van der Waals surface area contributed by atoms with Gasteiger partial charge in [-0.15, -0.1) is 0 Å². The van der Waals surface area contributed by atoms with E-state index in [0.717, 1.165) is 5.69 Å². The first-order valence-corrected chi connectivity index (χ1v) is 5.40. The first-order chi connectivity index (χ1) is 8.09. The Morgan fingerprint density at radius 1 is 1.06 bits per heavy atom. The highest BCUT2D eigenvalue weighted by Crippen LogP contribution is 2.27. The number of nitrogen functional groups attached to an aromatic ring is 1. The molecule has 2 aromatic rings. The Labute approximate surface area is 100 Å². The third kappa shape index (κ3) is 2.53. The molecule has 0 saturated heterocycles. The van der Waals surface area contributed by atoms with Gasteiger partial charge < -0.3 is 10.5 Å². The van der Waals surface area contributed by atoms with E-state index in [-0.39, 0.29) is 0 Å². The van der Waals surface area contributed by atoms with Gasteiger partial charge in [0.05, 0.1) is 11.4 Å². The third-order valence-corrected chi connectivity index (χ3v) is 2.43. The Morgan fingerprint density at radius 2 is 1.82 bits per heavy atom. The molecule has 0 amide bonds. The summed E-state index contributed by atoms with van der Waals surface area (Å²) in [5.41, 5.74) is 6.59. The zero-order valence-electron chi connectivity index (χ0n) is 9.92. The normalized spacial score (nSPS) is 11.2. The quantitative estimate of drug-likeness (QED) is 0.877. The second kappa shape index (κ2) is 4.41. The Balaban J connectivity index is 2.27. The molecular formula is C13H15N3O. The maximum absolute atomic E-state index is 5.82. The smallest absolute Gasteiger partial charge is 0.238 e. The van der Waals surface area contributed by atoms with E-state index in [1.54, 1.807) is 24.5 Å². The van der Waals surface area contributed by atoms with Gasteiger partial charge in [-0.2, -0.15) is 0 Å². The molecule has 0 radical (unpaired) electrons. The molecule has 0 atom stereocenters. The Kier molecular flexibility index (Phi) is 2.95. The molecule has 0 bridgehead atoms. The molecule has 17 heavy (non-hydrogen) atoms. The highest BCUT2D eigenvalue weighted by molar-refractivity contribution is 5.47. The van der Waals surface area contributed by atoms with Crippen molar-refractivity contribution in [3.8, 4) is 5.88 Å². The van der Waals surface area contributed by atoms with Crippen LogP contribution in [0, 0.1) is 0 Å². The van der Waals surface area contributed by atoms with Crippen LogP contribution in [0.3, 0.4) is 0 Å². The van der Waals surface area contributed by atoms with E-state index in [2.05, 4.69) is 9.97 Å². The largest absolute Gasteiger partial charge is 0.464 e. The van der Waals surface area contributed by atoms with E-state index in [0.29, 0.717) is 11.6 Å². The molecule has 88 valence electrons. The molecule has 0 saturated carbocycles. The average Bonchev–Trinajstić information content (AvgIpc) is 2.33. The topological polar surface area (TPSA) is 61.0 Å². The van der Waals surface area contributed by atoms with E-state index >= 15 is 0 Å². The molecule has 4 nitrogen and oxygen atoms in total. The van der Waals surface area contributed by atoms with Crippen molar-refractivity contribution >= 4 is 5.69 Å². The van der Waals surface area contributed by atoms with Crippen LogP contribution in [0.1, 0.15) is 19.5 Å². The van der Waals surface area contributed by atoms with Crippen molar-refractivity contribution in [1.29, 1.82) is 0 Å². The lowest BCUT2D eigenvalue weighted by Crippen LogP contribution is -2.27. The number of nitrogens with two attached hydrogens (primary N) is 1. The van der Waals surface area contributed by atoms with Gasteiger partial charge in [0.25, 0.3) is 0 Å². The summed E-state index contributed by atoms with van der Waals surface area (Å²) in [6.45, 7) is 3.87. The number of rotatable bonds is 3. The lowest BCUT2D eigenvalue weighted by molar-refractivity contribution is 0.0985. The molecule has 2 heterocycles. The van der Waals surface area contributed by atoms with Crippen molar-refractivity contribution in [3.05, 3.63) is 48.4 Å². The highest BCUT2D eigenvalue weighted by atomic mass is 16.5. The Bertz CT molecular complexity index is 497. The van der Waals surface area contributed by atoms with Crippen molar-refractivity contribution < 1.29 is 4.74 Å². The van der Waals surface area contributed by atoms with Crippen LogP contribution in [-0.4, -0.2) is 9.97 Å². The number of hydrogen-bond acceptors (Lipinski definition) is 4. The first-order valence-electron chi connectivity index (χ1n) is 5.40. The van der Waals surface area contributed by atoms with Crippen LogP contribution in [0.15, 0.2) is 42.7 Å². The van der Waals surface area contributed by atoms with Crippen molar-refractivity contribution in [2.24, 2.45) is 0 Å². The summed E-state index contributed by atoms with van der Waals surface area (Å²) < 4.78 is 5.82. The van der Waals surface area contributed by atoms with Gasteiger partial charge in [-0.1, -0.05) is 6.07 Å². The standard InChI is InChI=1S/C13H15N3O/c1-13(2,11-7-3-4-8-15-11)17-12-10(14)6-5-9-16-12/h3-9H,14H2,1-2H3. The van der Waals surface area contributed by atoms with Gasteiger partial charge in [0.1, 0.15) is 5.60 Å². The fourth-order valence-electron chi connectivity index (χ4n) is 1.50. The van der Waals surface area contributed by atoms with Gasteiger partial charge in [0, 0.05) is 12.4 Å². The van der Waals surface area contributed by atoms with E-state index in [1.807, 2.05) is 32.0 Å². The number of nitrogens with zero attached hydrogens (tertiary/aromatic N) is 2. The molecule has 0 aliphatic heterocycles. The maximum atomic E-state index is 5.82. The van der Waals surface area contributed by atoms with Crippen molar-refractivity contribution in [1.82, 2.24) is 9.97 Å². The fraction of sp³-hybridized carbons (Fsp3) is 0.231. The van der Waals surface area contributed by atoms with Crippen LogP contribution in [0.25, 0.3) is 0 Å². The monoisotopic (exact) mass is 229 g/mol. The third-order valence-electron chi connectivity index (χ3n) is 2.43. The zero-order valence-corrected chi connectivity index (χ0v) is 9.92. The van der Waals surface area contributed by atoms with Crippen molar-refractivity contribution in [3.63, 3.8) is 0 Å². The van der Waals surface area contributed by atoms with Crippen molar-refractivity contribution in [2.45, 2.75) is 19.4 Å². The van der Waals surface area contributed by atoms with E-state index in [1.165, 1.54) is 0 Å². The molecule has 0 aliphatic carbocycles. The zero-order chi connectivity index (χ0) is 12.3. The number of anilines is 1. The van der Waals surface area contributed by atoms with Crippen LogP contribution >= 0.6 is 0 Å². The van der Waals surface area contributed by atoms with E-state index < -0.39 is 5.60 Å². The predicted octanol–water partition coefficient (Wildman–Crippen LogP) is 2.37. The molecule has 0 unspecified atom stereocenters. The molecule has 4 heteroatoms. The second-order valence-electron chi connectivity index (χ2n) is 4.23. The highest BCUT2D eigenvalue weighted by Gasteiger charge is 2.25. The average molecular weight is 229 g/mol. The number of hydrogen-bond donors (Lipinski definition) is 1. The fourth-order valence-corrected chi connectivity index (χ4v) is 1.50. The summed E-state index contributed by atoms with van der Waals surface area (Å²) in [4.78, 5) is 8.40. The summed E-state index contributed by atoms with van der Waals surface area (Å²) in [5.74, 6) is 0.433. The molecule has 0 spiro atoms. The minimum Gasteiger partial charge on any atom is -0.464 e. The van der Waals surface area contributed by atoms with Crippen LogP contribution in [-0.2, 0) is 5.60 Å². The van der Waals surface area contributed by atoms with Gasteiger partial charge in [-0.3, -0.25) is 4.98 Å². The first kappa shape index (κ1) is 11.4. The lowest BCUT2D eigenvalue weighted by atomic mass is 10.0. The Hall–Kier alpha value is -2.10. The van der Waals surface area contributed by atoms with Crippen LogP contribution in [0.5, 0.6) is 5.88 Å². The van der Waals surface area contributed by atoms with Gasteiger partial charge in [-0.05, 0) is 38.1 Å². The summed E-state index contributed by atoms with van der Waals surface area (Å²) in [5, 5.41) is 0. The molecule has 2 rings (SSSR count). The second-order valence-corrected chi connectivity index (χ2v) is 4.23. The SMILES string of the molecule is CC(C)(Oc1ncccc1N)c1ccccn1. The van der Waals surface area contributed by atoms with E-state index in [9.17, 15) is 0 Å². The molecular weight excluding hydrogens is 214 g/mol. The number of ether oxygens (including phenoxy) is 1. The van der Waals surface area contributed by atoms with Crippen molar-refractivity contribution in [2.75, 3.05) is 5.73 Å². The summed E-state index contributed by atoms with van der Waals surface area (Å²) in [7, 11) is 0. The lowest BCUT2D eigenvalue weighted by Gasteiger charge is -2.25. The van der Waals surface area contributed by atoms with Crippen LogP contribution < -0.4 is 10.5 Å². The van der Waals surface area contributed by atoms with Gasteiger partial charge >= 0.3 is 0 Å². The summed E-state index contributed by atoms with van der Waals surface area (Å²) >= 11 is 0. The molecule has 2 N–H and O–H groups in total. The number of aromatic nitrogens is 2. The minimum absolute atomic E-state index is 0.433. The Morgan fingerprint density at radius 3 is 2.47 bits per heavy atom.